The summed E-state index contributed by atoms with van der Waals surface area (Å²) in [6.45, 7) is 6.56. The van der Waals surface area contributed by atoms with E-state index in [4.69, 9.17) is 4.74 Å². The molecule has 3 rings (SSSR count). The highest BCUT2D eigenvalue weighted by molar-refractivity contribution is 7.89. The molecule has 1 aromatic carbocycles. The van der Waals surface area contributed by atoms with Crippen molar-refractivity contribution in [3.05, 3.63) is 40.2 Å². The van der Waals surface area contributed by atoms with E-state index in [0.717, 1.165) is 25.9 Å². The number of aromatic amines is 1. The molecule has 2 aromatic rings. The fraction of sp³-hybridized carbons (Fsp3) is 0.500. The van der Waals surface area contributed by atoms with Crippen molar-refractivity contribution in [3.8, 4) is 0 Å². The lowest BCUT2D eigenvalue weighted by Crippen LogP contribution is -2.28. The zero-order valence-corrected chi connectivity index (χ0v) is 17.1. The lowest BCUT2D eigenvalue weighted by molar-refractivity contribution is 0.0757. The first-order chi connectivity index (χ1) is 13.5. The van der Waals surface area contributed by atoms with Gasteiger partial charge in [0, 0.05) is 49.3 Å². The number of nitrogens with one attached hydrogen (secondary N) is 2. The van der Waals surface area contributed by atoms with Crippen LogP contribution in [0.1, 0.15) is 43.5 Å². The van der Waals surface area contributed by atoms with E-state index in [9.17, 15) is 14.1 Å². The molecule has 152 valence electrons. The van der Waals surface area contributed by atoms with Gasteiger partial charge in [0.2, 0.25) is 5.56 Å². The normalized spacial score (nSPS) is 16.0. The minimum Gasteiger partial charge on any atom is -0.593 e. The van der Waals surface area contributed by atoms with Crippen LogP contribution in [0.15, 0.2) is 34.0 Å². The number of H-pyrrole nitrogens is 1. The van der Waals surface area contributed by atoms with Crippen molar-refractivity contribution >= 4 is 28.2 Å². The Hall–Kier alpha value is -1.87. The summed E-state index contributed by atoms with van der Waals surface area (Å²) in [4.78, 5) is 28.0. The molecule has 1 aromatic heterocycles. The van der Waals surface area contributed by atoms with E-state index >= 15 is 0 Å². The largest absolute Gasteiger partial charge is 0.593 e. The lowest BCUT2D eigenvalue weighted by atomic mass is 10.1. The van der Waals surface area contributed by atoms with E-state index in [0.29, 0.717) is 40.9 Å². The summed E-state index contributed by atoms with van der Waals surface area (Å²) >= 11 is -1.26. The zero-order chi connectivity index (χ0) is 20.1. The van der Waals surface area contributed by atoms with Gasteiger partial charge in [-0.15, -0.1) is 4.31 Å². The van der Waals surface area contributed by atoms with Crippen LogP contribution in [0.5, 0.6) is 0 Å². The summed E-state index contributed by atoms with van der Waals surface area (Å²) < 4.78 is 20.2. The molecule has 2 heterocycles. The average molecular weight is 406 g/mol. The quantitative estimate of drug-likeness (QED) is 0.518. The van der Waals surface area contributed by atoms with Gasteiger partial charge in [-0.25, -0.2) is 0 Å². The third-order valence-corrected chi connectivity index (χ3v) is 6.11. The molecule has 1 atom stereocenters. The molecule has 1 aliphatic heterocycles. The maximum atomic E-state index is 12.8. The summed E-state index contributed by atoms with van der Waals surface area (Å²) in [5, 5.41) is 3.44. The number of aromatic nitrogens is 1. The van der Waals surface area contributed by atoms with Crippen LogP contribution in [-0.4, -0.2) is 52.1 Å². The van der Waals surface area contributed by atoms with Gasteiger partial charge in [-0.3, -0.25) is 9.59 Å². The molecular formula is C20H27N3O4S. The summed E-state index contributed by atoms with van der Waals surface area (Å²) in [7, 11) is 0. The van der Waals surface area contributed by atoms with E-state index in [-0.39, 0.29) is 17.6 Å². The van der Waals surface area contributed by atoms with E-state index in [1.165, 1.54) is 6.07 Å². The molecule has 0 bridgehead atoms. The van der Waals surface area contributed by atoms with E-state index in [1.54, 1.807) is 18.2 Å². The number of pyridine rings is 1. The van der Waals surface area contributed by atoms with Gasteiger partial charge in [0.15, 0.2) is 4.90 Å². The highest BCUT2D eigenvalue weighted by Crippen LogP contribution is 2.25. The van der Waals surface area contributed by atoms with E-state index in [1.807, 2.05) is 18.2 Å². The summed E-state index contributed by atoms with van der Waals surface area (Å²) in [6.07, 6.45) is 2.93. The molecule has 0 saturated carbocycles. The Bertz CT molecular complexity index is 877. The molecule has 0 aliphatic carbocycles. The van der Waals surface area contributed by atoms with Crippen LogP contribution in [-0.2, 0) is 16.1 Å². The molecule has 7 nitrogen and oxygen atoms in total. The zero-order valence-electron chi connectivity index (χ0n) is 16.3. The van der Waals surface area contributed by atoms with Gasteiger partial charge < -0.3 is 19.6 Å². The molecule has 8 heteroatoms. The maximum Gasteiger partial charge on any atom is 0.252 e. The number of fused-ring (bicyclic) bond motifs is 1. The molecule has 1 saturated heterocycles. The minimum absolute atomic E-state index is 0.155. The van der Waals surface area contributed by atoms with Crippen molar-refractivity contribution in [2.45, 2.75) is 44.1 Å². The number of ether oxygens (including phenoxy) is 1. The van der Waals surface area contributed by atoms with Crippen LogP contribution in [0.4, 0.5) is 0 Å². The Morgan fingerprint density at radius 3 is 2.79 bits per heavy atom. The maximum absolute atomic E-state index is 12.8. The predicted molar refractivity (Wildman–Crippen MR) is 110 cm³/mol. The number of rotatable bonds is 8. The van der Waals surface area contributed by atoms with Gasteiger partial charge in [0.25, 0.3) is 5.91 Å². The number of carbonyl (C=O) groups excluding carboxylic acids is 1. The molecular weight excluding hydrogens is 378 g/mol. The van der Waals surface area contributed by atoms with E-state index in [2.05, 4.69) is 10.3 Å². The first kappa shape index (κ1) is 20.9. The molecule has 2 N–H and O–H groups in total. The Balaban J connectivity index is 1.79. The van der Waals surface area contributed by atoms with Gasteiger partial charge in [0.1, 0.15) is 0 Å². The van der Waals surface area contributed by atoms with Crippen molar-refractivity contribution in [2.75, 3.05) is 26.2 Å². The first-order valence-electron chi connectivity index (χ1n) is 9.69. The number of carbonyl (C=O) groups is 1. The lowest BCUT2D eigenvalue weighted by Gasteiger charge is -2.19. The minimum atomic E-state index is -1.26. The molecule has 0 spiro atoms. The van der Waals surface area contributed by atoms with Gasteiger partial charge >= 0.3 is 0 Å². The topological polar surface area (TPSA) is 97.5 Å². The van der Waals surface area contributed by atoms with Crippen molar-refractivity contribution in [3.63, 3.8) is 0 Å². The van der Waals surface area contributed by atoms with E-state index < -0.39 is 11.4 Å². The van der Waals surface area contributed by atoms with Crippen molar-refractivity contribution in [2.24, 2.45) is 0 Å². The number of hydrogen-bond acceptors (Lipinski definition) is 5. The number of nitrogens with zero attached hydrogens (tertiary/aromatic N) is 1. The second kappa shape index (κ2) is 9.56. The highest BCUT2D eigenvalue weighted by Gasteiger charge is 2.26. The second-order valence-corrected chi connectivity index (χ2v) is 8.66. The van der Waals surface area contributed by atoms with Crippen LogP contribution in [0.3, 0.4) is 0 Å². The summed E-state index contributed by atoms with van der Waals surface area (Å²) in [5.41, 5.74) is 0.515. The van der Waals surface area contributed by atoms with Crippen LogP contribution in [0.25, 0.3) is 10.9 Å². The van der Waals surface area contributed by atoms with Crippen LogP contribution < -0.4 is 10.9 Å². The SMILES string of the molecule is CC(C)OCCCNC(=O)c1cc(=O)[nH]c2ccc([S+]([O-])N3CCCC3)cc12. The van der Waals surface area contributed by atoms with Crippen LogP contribution in [0, 0.1) is 0 Å². The number of hydrogen-bond donors (Lipinski definition) is 2. The fourth-order valence-electron chi connectivity index (χ4n) is 3.22. The molecule has 28 heavy (non-hydrogen) atoms. The highest BCUT2D eigenvalue weighted by atomic mass is 32.2. The summed E-state index contributed by atoms with van der Waals surface area (Å²) in [6, 6.07) is 6.51. The number of benzene rings is 1. The van der Waals surface area contributed by atoms with Crippen LogP contribution >= 0.6 is 0 Å². The van der Waals surface area contributed by atoms with Gasteiger partial charge in [-0.1, -0.05) is 0 Å². The predicted octanol–water partition coefficient (Wildman–Crippen LogP) is 2.19. The first-order valence-corrected chi connectivity index (χ1v) is 10.8. The average Bonchev–Trinajstić information content (AvgIpc) is 3.20. The van der Waals surface area contributed by atoms with Gasteiger partial charge in [-0.2, -0.15) is 0 Å². The standard InChI is InChI=1S/C20H27N3O4S/c1-14(2)27-11-5-8-21-20(25)17-13-19(24)22-18-7-6-15(12-16(17)18)28(26)23-9-3-4-10-23/h6-7,12-14H,3-5,8-11H2,1-2H3,(H,21,25)(H,22,24). The molecule has 1 amide bonds. The Morgan fingerprint density at radius 2 is 2.07 bits per heavy atom. The molecule has 1 fully saturated rings. The van der Waals surface area contributed by atoms with Gasteiger partial charge in [0.05, 0.1) is 23.0 Å². The van der Waals surface area contributed by atoms with Crippen molar-refractivity contribution in [1.29, 1.82) is 0 Å². The molecule has 1 aliphatic rings. The van der Waals surface area contributed by atoms with Crippen molar-refractivity contribution < 1.29 is 14.1 Å². The second-order valence-electron chi connectivity index (χ2n) is 7.17. The third kappa shape index (κ3) is 5.14. The smallest absolute Gasteiger partial charge is 0.252 e. The Kier molecular flexibility index (Phi) is 7.12. The Morgan fingerprint density at radius 1 is 1.32 bits per heavy atom. The monoisotopic (exact) mass is 405 g/mol. The van der Waals surface area contributed by atoms with Gasteiger partial charge in [-0.05, 0) is 45.2 Å². The molecule has 1 unspecified atom stereocenters. The van der Waals surface area contributed by atoms with Crippen LogP contribution in [0.2, 0.25) is 0 Å². The fourth-order valence-corrected chi connectivity index (χ4v) is 4.51. The Labute approximate surface area is 167 Å². The molecule has 0 radical (unpaired) electrons. The van der Waals surface area contributed by atoms with Crippen molar-refractivity contribution in [1.82, 2.24) is 14.6 Å². The number of amides is 1. The summed E-state index contributed by atoms with van der Waals surface area (Å²) in [5.74, 6) is -0.315. The third-order valence-electron chi connectivity index (χ3n) is 4.62.